The molecule has 15 heteroatoms. The summed E-state index contributed by atoms with van der Waals surface area (Å²) >= 11 is 1.19. The third kappa shape index (κ3) is 37.0. The highest BCUT2D eigenvalue weighted by Crippen LogP contribution is 2.43. The number of carbonyl (C=O) groups excluding carboxylic acids is 2. The number of carboxylic acids is 1. The van der Waals surface area contributed by atoms with Crippen LogP contribution in [-0.4, -0.2) is 88.6 Å². The summed E-state index contributed by atoms with van der Waals surface area (Å²) in [5.41, 5.74) is 11.5. The number of unbranched alkanes of at least 4 members (excludes halogenated alkanes) is 12. The Labute approximate surface area is 359 Å². The minimum absolute atomic E-state index is 0.0127. The van der Waals surface area contributed by atoms with Crippen molar-refractivity contribution < 1.29 is 52.6 Å². The summed E-state index contributed by atoms with van der Waals surface area (Å²) in [4.78, 5) is 46.6. The lowest BCUT2D eigenvalue weighted by molar-refractivity contribution is -0.161. The smallest absolute Gasteiger partial charge is 0.472 e. The zero-order valence-corrected chi connectivity index (χ0v) is 37.6. The Morgan fingerprint density at radius 1 is 0.746 bits per heavy atom. The number of ether oxygens (including phenoxy) is 2. The Morgan fingerprint density at radius 3 is 2.03 bits per heavy atom. The average Bonchev–Trinajstić information content (AvgIpc) is 3.20. The van der Waals surface area contributed by atoms with E-state index < -0.39 is 62.4 Å². The van der Waals surface area contributed by atoms with Gasteiger partial charge in [0.1, 0.15) is 12.6 Å². The van der Waals surface area contributed by atoms with E-state index in [1.807, 2.05) is 24.3 Å². The van der Waals surface area contributed by atoms with Crippen LogP contribution in [0.5, 0.6) is 0 Å². The van der Waals surface area contributed by atoms with Crippen molar-refractivity contribution in [3.8, 4) is 0 Å². The molecule has 0 aliphatic heterocycles. The van der Waals surface area contributed by atoms with Crippen molar-refractivity contribution >= 4 is 37.5 Å². The van der Waals surface area contributed by atoms with Crippen LogP contribution in [0.4, 0.5) is 0 Å². The molecular weight excluding hydrogens is 796 g/mol. The predicted molar refractivity (Wildman–Crippen MR) is 239 cm³/mol. The van der Waals surface area contributed by atoms with Crippen LogP contribution in [0.25, 0.3) is 0 Å². The van der Waals surface area contributed by atoms with Gasteiger partial charge in [-0.3, -0.25) is 23.4 Å². The van der Waals surface area contributed by atoms with Gasteiger partial charge in [-0.05, 0) is 64.2 Å². The van der Waals surface area contributed by atoms with Gasteiger partial charge in [0.15, 0.2) is 6.10 Å². The van der Waals surface area contributed by atoms with Gasteiger partial charge in [0.25, 0.3) is 0 Å². The van der Waals surface area contributed by atoms with E-state index in [2.05, 4.69) is 38.2 Å². The summed E-state index contributed by atoms with van der Waals surface area (Å²) < 4.78 is 32.9. The zero-order chi connectivity index (χ0) is 43.8. The Kier molecular flexibility index (Phi) is 37.9. The lowest BCUT2D eigenvalue weighted by atomic mass is 10.1. The quantitative estimate of drug-likeness (QED) is 0.0128. The van der Waals surface area contributed by atoms with Crippen LogP contribution in [0.1, 0.15) is 142 Å². The molecule has 0 amide bonds. The second kappa shape index (κ2) is 39.6. The fourth-order valence-corrected chi connectivity index (χ4v) is 7.35. The molecule has 0 spiro atoms. The van der Waals surface area contributed by atoms with Gasteiger partial charge >= 0.3 is 25.7 Å². The Balaban J connectivity index is 5.17. The third-order valence-corrected chi connectivity index (χ3v) is 11.3. The number of rotatable bonds is 40. The normalized spacial score (nSPS) is 15.4. The molecule has 0 heterocycles. The molecule has 0 saturated carbocycles. The molecule has 0 saturated heterocycles. The molecule has 0 aromatic carbocycles. The summed E-state index contributed by atoms with van der Waals surface area (Å²) in [6.45, 7) is 3.07. The highest BCUT2D eigenvalue weighted by Gasteiger charge is 2.28. The second-order valence-electron chi connectivity index (χ2n) is 14.4. The van der Waals surface area contributed by atoms with Crippen LogP contribution in [0.3, 0.4) is 0 Å². The molecule has 0 bridgehead atoms. The molecule has 0 aromatic rings. The number of esters is 2. The Morgan fingerprint density at radius 2 is 1.36 bits per heavy atom. The zero-order valence-electron chi connectivity index (χ0n) is 35.9. The van der Waals surface area contributed by atoms with Crippen LogP contribution in [-0.2, 0) is 37.5 Å². The largest absolute Gasteiger partial charge is 0.481 e. The van der Waals surface area contributed by atoms with Gasteiger partial charge in [-0.2, -0.15) is 0 Å². The van der Waals surface area contributed by atoms with Crippen molar-refractivity contribution in [2.75, 3.05) is 32.1 Å². The van der Waals surface area contributed by atoms with Crippen LogP contribution >= 0.6 is 19.6 Å². The summed E-state index contributed by atoms with van der Waals surface area (Å²) in [6, 6.07) is -1.19. The van der Waals surface area contributed by atoms with Crippen molar-refractivity contribution in [3.63, 3.8) is 0 Å². The maximum Gasteiger partial charge on any atom is 0.472 e. The van der Waals surface area contributed by atoms with Gasteiger partial charge in [-0.1, -0.05) is 126 Å². The average molecular weight is 873 g/mol. The van der Waals surface area contributed by atoms with Crippen LogP contribution in [0, 0.1) is 0 Å². The number of carboxylic acid groups (broad SMARTS) is 1. The van der Waals surface area contributed by atoms with Crippen LogP contribution < -0.4 is 11.5 Å². The number of thioether (sulfide) groups is 1. The van der Waals surface area contributed by atoms with Crippen molar-refractivity contribution in [3.05, 3.63) is 60.8 Å². The standard InChI is InChI=1S/C44H77N2O11PS/c1-3-5-7-9-11-13-15-17-19-21-23-25-27-32-43(50)54-35-38(36-56-58(52,53)55-34-33-45)57-44(51)39(46)37-59-41(40(47)29-28-31-42(48)49)30-26-24-22-20-18-16-14-12-10-8-6-4-2/h12-15,18,20,22,24,26,30,38-41,47H,3-11,16-17,19,21,23,25,27-29,31-37,45-46H2,1-2H3,(H,48,49)(H,52,53)/b14-12-,15-13-,20-18-,24-22+,30-26+/t38-,39+,40+,41-/m1/s1. The van der Waals surface area contributed by atoms with Crippen molar-refractivity contribution in [1.29, 1.82) is 0 Å². The van der Waals surface area contributed by atoms with Crippen molar-refractivity contribution in [2.45, 2.75) is 166 Å². The lowest BCUT2D eigenvalue weighted by Gasteiger charge is -2.23. The molecule has 5 atom stereocenters. The van der Waals surface area contributed by atoms with Crippen molar-refractivity contribution in [1.82, 2.24) is 0 Å². The number of phosphoric acid groups is 1. The molecule has 7 N–H and O–H groups in total. The number of hydrogen-bond donors (Lipinski definition) is 5. The number of aliphatic carboxylic acids is 1. The van der Waals surface area contributed by atoms with E-state index in [1.165, 1.54) is 56.7 Å². The SMILES string of the molecule is CCCCC/C=C\C\C=C/C=C/C=C/[C@@H](SC[C@H](N)C(=O)O[C@H](COC(=O)CCCCCCC/C=C\CCCCCC)COP(=O)(O)OCCN)[C@@H](O)CCCC(=O)O. The van der Waals surface area contributed by atoms with Crippen molar-refractivity contribution in [2.24, 2.45) is 11.5 Å². The first-order valence-electron chi connectivity index (χ1n) is 21.7. The van der Waals surface area contributed by atoms with E-state index in [1.54, 1.807) is 12.2 Å². The van der Waals surface area contributed by atoms with Crippen LogP contribution in [0.2, 0.25) is 0 Å². The highest BCUT2D eigenvalue weighted by molar-refractivity contribution is 8.00. The number of allylic oxidation sites excluding steroid dienone is 9. The second-order valence-corrected chi connectivity index (χ2v) is 17.1. The van der Waals surface area contributed by atoms with E-state index in [4.69, 9.17) is 35.1 Å². The van der Waals surface area contributed by atoms with E-state index in [0.29, 0.717) is 6.42 Å². The molecule has 0 rings (SSSR count). The molecule has 340 valence electrons. The van der Waals surface area contributed by atoms with Gasteiger partial charge in [0, 0.05) is 30.4 Å². The van der Waals surface area contributed by atoms with E-state index in [-0.39, 0.29) is 44.6 Å². The molecule has 0 radical (unpaired) electrons. The van der Waals surface area contributed by atoms with Gasteiger partial charge in [-0.25, -0.2) is 4.57 Å². The van der Waals surface area contributed by atoms with Gasteiger partial charge in [-0.15, -0.1) is 11.8 Å². The topological polar surface area (TPSA) is 218 Å². The maximum atomic E-state index is 13.1. The van der Waals surface area contributed by atoms with Gasteiger partial charge in [0.2, 0.25) is 0 Å². The number of carbonyl (C=O) groups is 3. The van der Waals surface area contributed by atoms with E-state index >= 15 is 0 Å². The number of phosphoric ester groups is 1. The third-order valence-electron chi connectivity index (χ3n) is 8.88. The Hall–Kier alpha value is -2.55. The number of aliphatic hydroxyl groups excluding tert-OH is 1. The molecule has 0 aliphatic carbocycles. The molecular formula is C44H77N2O11PS. The first kappa shape index (κ1) is 56.5. The Bertz CT molecular complexity index is 1280. The molecule has 59 heavy (non-hydrogen) atoms. The maximum absolute atomic E-state index is 13.1. The molecule has 13 nitrogen and oxygen atoms in total. The van der Waals surface area contributed by atoms with E-state index in [9.17, 15) is 28.9 Å². The molecule has 0 aliphatic rings. The fraction of sp³-hybridized carbons (Fsp3) is 0.705. The first-order valence-corrected chi connectivity index (χ1v) is 24.2. The van der Waals surface area contributed by atoms with Gasteiger partial charge in [0.05, 0.1) is 19.3 Å². The van der Waals surface area contributed by atoms with Crippen LogP contribution in [0.15, 0.2) is 60.8 Å². The lowest BCUT2D eigenvalue weighted by Crippen LogP contribution is -2.40. The molecule has 0 aromatic heterocycles. The summed E-state index contributed by atoms with van der Waals surface area (Å²) in [7, 11) is -4.54. The van der Waals surface area contributed by atoms with E-state index in [0.717, 1.165) is 51.4 Å². The summed E-state index contributed by atoms with van der Waals surface area (Å²) in [5.74, 6) is -2.33. The predicted octanol–water partition coefficient (Wildman–Crippen LogP) is 9.03. The molecule has 0 fully saturated rings. The minimum atomic E-state index is -4.54. The summed E-state index contributed by atoms with van der Waals surface area (Å²) in [5, 5.41) is 19.4. The van der Waals surface area contributed by atoms with Gasteiger partial charge < -0.3 is 36.0 Å². The minimum Gasteiger partial charge on any atom is -0.481 e. The monoisotopic (exact) mass is 872 g/mol. The first-order chi connectivity index (χ1) is 28.4. The highest BCUT2D eigenvalue weighted by atomic mass is 32.2. The number of nitrogens with two attached hydrogens (primary N) is 2. The summed E-state index contributed by atoms with van der Waals surface area (Å²) in [6.07, 6.45) is 35.8. The number of aliphatic hydroxyl groups is 1. The number of hydrogen-bond acceptors (Lipinski definition) is 12. The fourth-order valence-electron chi connectivity index (χ4n) is 5.46. The molecule has 1 unspecified atom stereocenters.